The van der Waals surface area contributed by atoms with Gasteiger partial charge in [-0.3, -0.25) is 14.5 Å². The van der Waals surface area contributed by atoms with Gasteiger partial charge < -0.3 is 0 Å². The monoisotopic (exact) mass is 377 g/mol. The zero-order valence-corrected chi connectivity index (χ0v) is 12.8. The minimum Gasteiger partial charge on any atom is -0.295 e. The maximum Gasteiger partial charge on any atom is 0.228 e. The van der Waals surface area contributed by atoms with Crippen LogP contribution in [0.1, 0.15) is 13.3 Å². The molecule has 1 amide bonds. The molecule has 0 radical (unpaired) electrons. The van der Waals surface area contributed by atoms with Gasteiger partial charge in [-0.25, -0.2) is 9.97 Å². The number of nitrogens with zero attached hydrogens (tertiary/aromatic N) is 3. The molecule has 7 heteroatoms. The fourth-order valence-corrected chi connectivity index (χ4v) is 2.77. The second kappa shape index (κ2) is 5.96. The van der Waals surface area contributed by atoms with Crippen LogP contribution < -0.4 is 4.90 Å². The summed E-state index contributed by atoms with van der Waals surface area (Å²) < 4.78 is 0.798. The lowest BCUT2D eigenvalue weighted by Gasteiger charge is -2.14. The molecule has 0 aliphatic carbocycles. The Labute approximate surface area is 123 Å². The number of aromatic nitrogens is 2. The van der Waals surface area contributed by atoms with Crippen molar-refractivity contribution in [2.75, 3.05) is 17.2 Å². The van der Waals surface area contributed by atoms with Gasteiger partial charge in [-0.2, -0.15) is 0 Å². The van der Waals surface area contributed by atoms with Gasteiger partial charge in [0.15, 0.2) is 10.9 Å². The Morgan fingerprint density at radius 3 is 2.94 bits per heavy atom. The number of rotatable bonds is 3. The molecule has 0 N–H and O–H groups in total. The molecule has 1 atom stereocenters. The van der Waals surface area contributed by atoms with Crippen LogP contribution in [0.2, 0.25) is 0 Å². The Hall–Kier alpha value is -0.700. The molecule has 5 nitrogen and oxygen atoms in total. The summed E-state index contributed by atoms with van der Waals surface area (Å²) in [5.41, 5.74) is 0. The van der Waals surface area contributed by atoms with Crippen molar-refractivity contribution in [3.8, 4) is 0 Å². The second-order valence-corrected chi connectivity index (χ2v) is 6.38. The van der Waals surface area contributed by atoms with E-state index < -0.39 is 0 Å². The molecule has 1 aromatic rings. The van der Waals surface area contributed by atoms with Crippen LogP contribution in [0.4, 0.5) is 5.82 Å². The third kappa shape index (κ3) is 3.41. The number of amides is 1. The fraction of sp³-hybridized carbons (Fsp3) is 0.455. The Morgan fingerprint density at radius 2 is 2.33 bits per heavy atom. The summed E-state index contributed by atoms with van der Waals surface area (Å²) in [6.45, 7) is 2.16. The fourth-order valence-electron chi connectivity index (χ4n) is 1.79. The zero-order chi connectivity index (χ0) is 13.1. The number of thioether (sulfide) groups is 1. The van der Waals surface area contributed by atoms with Crippen LogP contribution in [0.3, 0.4) is 0 Å². The minimum absolute atomic E-state index is 0.0552. The predicted molar refractivity (Wildman–Crippen MR) is 78.3 cm³/mol. The van der Waals surface area contributed by atoms with Gasteiger partial charge in [-0.05, 0) is 28.5 Å². The molecule has 0 spiro atoms. The van der Waals surface area contributed by atoms with Gasteiger partial charge in [-0.15, -0.1) is 0 Å². The molecular weight excluding hydrogens is 365 g/mol. The van der Waals surface area contributed by atoms with E-state index in [4.69, 9.17) is 0 Å². The SMILES string of the molecule is CC(=O)SCC1CC(=O)N(c2cnc(I)cn2)C1. The Bertz CT molecular complexity index is 466. The summed E-state index contributed by atoms with van der Waals surface area (Å²) in [5, 5.41) is 0.0926. The van der Waals surface area contributed by atoms with Crippen molar-refractivity contribution in [2.24, 2.45) is 5.92 Å². The summed E-state index contributed by atoms with van der Waals surface area (Å²) in [6.07, 6.45) is 3.73. The van der Waals surface area contributed by atoms with E-state index in [0.717, 1.165) is 3.70 Å². The van der Waals surface area contributed by atoms with Crippen LogP contribution >= 0.6 is 34.4 Å². The van der Waals surface area contributed by atoms with Crippen molar-refractivity contribution in [3.63, 3.8) is 0 Å². The first-order valence-corrected chi connectivity index (χ1v) is 7.54. The van der Waals surface area contributed by atoms with Crippen LogP contribution in [-0.2, 0) is 9.59 Å². The number of anilines is 1. The van der Waals surface area contributed by atoms with Crippen molar-refractivity contribution in [3.05, 3.63) is 16.1 Å². The molecule has 1 aliphatic heterocycles. The molecule has 18 heavy (non-hydrogen) atoms. The summed E-state index contributed by atoms with van der Waals surface area (Å²) in [6, 6.07) is 0. The molecule has 0 saturated carbocycles. The molecule has 0 aromatic carbocycles. The van der Waals surface area contributed by atoms with Crippen molar-refractivity contribution < 1.29 is 9.59 Å². The molecule has 1 fully saturated rings. The molecule has 96 valence electrons. The van der Waals surface area contributed by atoms with Crippen LogP contribution in [0, 0.1) is 9.62 Å². The van der Waals surface area contributed by atoms with E-state index >= 15 is 0 Å². The van der Waals surface area contributed by atoms with Gasteiger partial charge >= 0.3 is 0 Å². The van der Waals surface area contributed by atoms with Crippen molar-refractivity contribution in [1.82, 2.24) is 9.97 Å². The average molecular weight is 377 g/mol. The van der Waals surface area contributed by atoms with Crippen LogP contribution in [-0.4, -0.2) is 33.3 Å². The maximum absolute atomic E-state index is 11.9. The Kier molecular flexibility index (Phi) is 4.55. The Balaban J connectivity index is 2.00. The lowest BCUT2D eigenvalue weighted by molar-refractivity contribution is -0.117. The predicted octanol–water partition coefficient (Wildman–Crippen LogP) is 1.71. The van der Waals surface area contributed by atoms with Crippen molar-refractivity contribution >= 4 is 51.2 Å². The standard InChI is InChI=1S/C11H12IN3O2S/c1-7(16)18-6-8-2-11(17)15(5-8)10-4-13-9(12)3-14-10/h3-4,8H,2,5-6H2,1H3. The number of hydrogen-bond acceptors (Lipinski definition) is 5. The van der Waals surface area contributed by atoms with Gasteiger partial charge in [0.1, 0.15) is 3.70 Å². The van der Waals surface area contributed by atoms with Gasteiger partial charge in [0, 0.05) is 25.6 Å². The topological polar surface area (TPSA) is 63.2 Å². The van der Waals surface area contributed by atoms with Gasteiger partial charge in [0.25, 0.3) is 0 Å². The summed E-state index contributed by atoms with van der Waals surface area (Å²) in [7, 11) is 0. The van der Waals surface area contributed by atoms with E-state index in [9.17, 15) is 9.59 Å². The van der Waals surface area contributed by atoms with E-state index in [-0.39, 0.29) is 16.9 Å². The van der Waals surface area contributed by atoms with Crippen LogP contribution in [0.25, 0.3) is 0 Å². The highest BCUT2D eigenvalue weighted by Gasteiger charge is 2.31. The highest BCUT2D eigenvalue weighted by Crippen LogP contribution is 2.25. The number of halogens is 1. The third-order valence-corrected chi connectivity index (χ3v) is 4.21. The first kappa shape index (κ1) is 13.7. The molecule has 1 saturated heterocycles. The Morgan fingerprint density at radius 1 is 1.56 bits per heavy atom. The third-order valence-electron chi connectivity index (χ3n) is 2.61. The smallest absolute Gasteiger partial charge is 0.228 e. The maximum atomic E-state index is 11.9. The van der Waals surface area contributed by atoms with Gasteiger partial charge in [0.2, 0.25) is 5.91 Å². The molecule has 1 unspecified atom stereocenters. The number of carbonyl (C=O) groups excluding carboxylic acids is 2. The van der Waals surface area contributed by atoms with E-state index in [0.29, 0.717) is 24.5 Å². The molecule has 2 rings (SSSR count). The largest absolute Gasteiger partial charge is 0.295 e. The van der Waals surface area contributed by atoms with Gasteiger partial charge in [-0.1, -0.05) is 11.8 Å². The lowest BCUT2D eigenvalue weighted by atomic mass is 10.1. The summed E-state index contributed by atoms with van der Waals surface area (Å²) in [5.74, 6) is 1.55. The first-order valence-electron chi connectivity index (χ1n) is 5.47. The van der Waals surface area contributed by atoms with Crippen molar-refractivity contribution in [1.29, 1.82) is 0 Å². The van der Waals surface area contributed by atoms with E-state index in [1.807, 2.05) is 0 Å². The average Bonchev–Trinajstić information content (AvgIpc) is 2.69. The van der Waals surface area contributed by atoms with Crippen LogP contribution in [0.5, 0.6) is 0 Å². The second-order valence-electron chi connectivity index (χ2n) is 4.07. The normalized spacial score (nSPS) is 19.3. The van der Waals surface area contributed by atoms with E-state index in [1.54, 1.807) is 24.2 Å². The quantitative estimate of drug-likeness (QED) is 0.751. The molecule has 1 aliphatic rings. The summed E-state index contributed by atoms with van der Waals surface area (Å²) in [4.78, 5) is 32.8. The highest BCUT2D eigenvalue weighted by atomic mass is 127. The number of hydrogen-bond donors (Lipinski definition) is 0. The molecule has 1 aromatic heterocycles. The molecule has 2 heterocycles. The molecule has 0 bridgehead atoms. The van der Waals surface area contributed by atoms with Crippen LogP contribution in [0.15, 0.2) is 12.4 Å². The lowest BCUT2D eigenvalue weighted by Crippen LogP contribution is -2.26. The summed E-state index contributed by atoms with van der Waals surface area (Å²) >= 11 is 3.35. The van der Waals surface area contributed by atoms with E-state index in [1.165, 1.54) is 11.8 Å². The zero-order valence-electron chi connectivity index (χ0n) is 9.80. The minimum atomic E-state index is 0.0552. The molecular formula is C11H12IN3O2S. The van der Waals surface area contributed by atoms with Gasteiger partial charge in [0.05, 0.1) is 12.4 Å². The highest BCUT2D eigenvalue weighted by molar-refractivity contribution is 14.1. The van der Waals surface area contributed by atoms with Crippen molar-refractivity contribution in [2.45, 2.75) is 13.3 Å². The first-order chi connectivity index (χ1) is 8.56. The van der Waals surface area contributed by atoms with E-state index in [2.05, 4.69) is 32.6 Å². The number of carbonyl (C=O) groups is 2.